The number of anilines is 1. The lowest BCUT2D eigenvalue weighted by molar-refractivity contribution is -0.129. The van der Waals surface area contributed by atoms with Crippen LogP contribution in [0.4, 0.5) is 5.13 Å². The number of hydrogen-bond donors (Lipinski definition) is 1. The van der Waals surface area contributed by atoms with E-state index in [2.05, 4.69) is 15.3 Å². The highest BCUT2D eigenvalue weighted by Crippen LogP contribution is 2.22. The van der Waals surface area contributed by atoms with Crippen molar-refractivity contribution in [2.75, 3.05) is 18.0 Å². The Hall–Kier alpha value is -2.39. The molecule has 7 nitrogen and oxygen atoms in total. The van der Waals surface area contributed by atoms with Gasteiger partial charge in [-0.15, -0.1) is 28.2 Å². The van der Waals surface area contributed by atoms with E-state index in [9.17, 15) is 4.79 Å². The molecule has 2 N–H and O–H groups in total. The molecule has 4 rings (SSSR count). The van der Waals surface area contributed by atoms with Gasteiger partial charge in [-0.3, -0.25) is 4.79 Å². The summed E-state index contributed by atoms with van der Waals surface area (Å²) in [6.07, 6.45) is 0.760. The number of nitrogen functional groups attached to an aromatic ring is 1. The van der Waals surface area contributed by atoms with E-state index in [1.807, 2.05) is 45.3 Å². The predicted octanol–water partition coefficient (Wildman–Crippen LogP) is 2.12. The molecule has 1 aromatic carbocycles. The average molecular weight is 387 g/mol. The maximum Gasteiger partial charge on any atom is 0.232 e. The predicted molar refractivity (Wildman–Crippen MR) is 103 cm³/mol. The Labute approximate surface area is 159 Å². The lowest BCUT2D eigenvalue weighted by atomic mass is 10.1. The topological polar surface area (TPSA) is 89.9 Å². The number of carbonyl (C=O) groups is 1. The third-order valence-corrected chi connectivity index (χ3v) is 5.87. The summed E-state index contributed by atoms with van der Waals surface area (Å²) < 4.78 is 1.87. The highest BCUT2D eigenvalue weighted by Gasteiger charge is 2.25. The Morgan fingerprint density at radius 2 is 2.15 bits per heavy atom. The fraction of sp³-hybridized carbons (Fsp3) is 0.294. The third-order valence-electron chi connectivity index (χ3n) is 4.20. The molecule has 3 heterocycles. The van der Waals surface area contributed by atoms with Crippen LogP contribution in [0.15, 0.2) is 35.7 Å². The molecule has 1 aliphatic heterocycles. The second-order valence-electron chi connectivity index (χ2n) is 5.97. The van der Waals surface area contributed by atoms with Gasteiger partial charge in [0, 0.05) is 24.1 Å². The number of nitrogens with zero attached hydrogens (tertiary/aromatic N) is 5. The van der Waals surface area contributed by atoms with Crippen LogP contribution in [0, 0.1) is 0 Å². The lowest BCUT2D eigenvalue weighted by Gasteiger charge is -2.26. The Morgan fingerprint density at radius 1 is 1.31 bits per heavy atom. The molecule has 9 heteroatoms. The largest absolute Gasteiger partial charge is 0.375 e. The molecule has 2 aromatic heterocycles. The van der Waals surface area contributed by atoms with Gasteiger partial charge >= 0.3 is 0 Å². The van der Waals surface area contributed by atoms with Crippen molar-refractivity contribution >= 4 is 34.1 Å². The summed E-state index contributed by atoms with van der Waals surface area (Å²) >= 11 is 2.99. The Kier molecular flexibility index (Phi) is 4.89. The Morgan fingerprint density at radius 3 is 2.92 bits per heavy atom. The zero-order chi connectivity index (χ0) is 17.9. The van der Waals surface area contributed by atoms with Crippen molar-refractivity contribution in [2.24, 2.45) is 0 Å². The van der Waals surface area contributed by atoms with Crippen molar-refractivity contribution in [2.45, 2.75) is 18.7 Å². The fourth-order valence-electron chi connectivity index (χ4n) is 2.92. The number of hydrogen-bond acceptors (Lipinski definition) is 7. The number of benzene rings is 1. The zero-order valence-corrected chi connectivity index (χ0v) is 15.7. The quantitative estimate of drug-likeness (QED) is 0.722. The average Bonchev–Trinajstić information content (AvgIpc) is 3.28. The van der Waals surface area contributed by atoms with E-state index in [4.69, 9.17) is 5.73 Å². The first-order chi connectivity index (χ1) is 12.7. The molecule has 0 atom stereocenters. The minimum Gasteiger partial charge on any atom is -0.375 e. The summed E-state index contributed by atoms with van der Waals surface area (Å²) in [5.41, 5.74) is 9.52. The molecule has 1 aliphatic rings. The minimum atomic E-state index is 0.123. The summed E-state index contributed by atoms with van der Waals surface area (Å²) in [6, 6.07) is 9.96. The number of nitrogens with two attached hydrogens (primary N) is 1. The number of amides is 1. The molecule has 0 aliphatic carbocycles. The Bertz CT molecular complexity index is 907. The van der Waals surface area contributed by atoms with Crippen molar-refractivity contribution in [3.05, 3.63) is 52.8 Å². The monoisotopic (exact) mass is 386 g/mol. The van der Waals surface area contributed by atoms with E-state index in [1.165, 1.54) is 11.3 Å². The van der Waals surface area contributed by atoms with Crippen molar-refractivity contribution in [1.82, 2.24) is 24.9 Å². The third kappa shape index (κ3) is 3.58. The van der Waals surface area contributed by atoms with Crippen LogP contribution in [-0.4, -0.2) is 43.1 Å². The van der Waals surface area contributed by atoms with Crippen molar-refractivity contribution in [3.8, 4) is 5.69 Å². The molecule has 134 valence electrons. The van der Waals surface area contributed by atoms with E-state index in [0.717, 1.165) is 29.2 Å². The molecule has 0 fully saturated rings. The smallest absolute Gasteiger partial charge is 0.232 e. The molecular weight excluding hydrogens is 368 g/mol. The number of aromatic nitrogens is 4. The second kappa shape index (κ2) is 7.46. The molecule has 1 amide bonds. The Balaban J connectivity index is 1.36. The summed E-state index contributed by atoms with van der Waals surface area (Å²) in [5, 5.41) is 11.1. The second-order valence-corrected chi connectivity index (χ2v) is 7.84. The first-order valence-corrected chi connectivity index (χ1v) is 10.3. The van der Waals surface area contributed by atoms with Gasteiger partial charge in [-0.1, -0.05) is 23.4 Å². The number of thiazole rings is 1. The highest BCUT2D eigenvalue weighted by molar-refractivity contribution is 7.99. The lowest BCUT2D eigenvalue weighted by Crippen LogP contribution is -2.37. The molecule has 0 bridgehead atoms. The van der Waals surface area contributed by atoms with Crippen LogP contribution in [0.3, 0.4) is 0 Å². The molecule has 3 aromatic rings. The van der Waals surface area contributed by atoms with Gasteiger partial charge in [-0.05, 0) is 12.1 Å². The van der Waals surface area contributed by atoms with Gasteiger partial charge in [-0.25, -0.2) is 9.67 Å². The highest BCUT2D eigenvalue weighted by atomic mass is 32.2. The first kappa shape index (κ1) is 17.0. The van der Waals surface area contributed by atoms with Crippen LogP contribution in [0.5, 0.6) is 0 Å². The summed E-state index contributed by atoms with van der Waals surface area (Å²) in [5.74, 6) is 1.25. The minimum absolute atomic E-state index is 0.123. The van der Waals surface area contributed by atoms with E-state index in [-0.39, 0.29) is 5.91 Å². The van der Waals surface area contributed by atoms with E-state index in [0.29, 0.717) is 29.7 Å². The standard InChI is InChI=1S/C17H18N6OS2/c18-17-19-12(10-26-17)9-25-11-16(24)22-7-6-15-14(8-22)20-21-23(15)13-4-2-1-3-5-13/h1-5,10H,6-9,11H2,(H2,18,19). The zero-order valence-electron chi connectivity index (χ0n) is 14.0. The summed E-state index contributed by atoms with van der Waals surface area (Å²) in [6.45, 7) is 1.21. The van der Waals surface area contributed by atoms with Gasteiger partial charge in [0.1, 0.15) is 5.69 Å². The normalized spacial score (nSPS) is 13.6. The van der Waals surface area contributed by atoms with Crippen LogP contribution in [-0.2, 0) is 23.5 Å². The maximum atomic E-state index is 12.5. The van der Waals surface area contributed by atoms with E-state index in [1.54, 1.807) is 11.8 Å². The molecule has 0 spiro atoms. The van der Waals surface area contributed by atoms with Crippen LogP contribution < -0.4 is 5.73 Å². The van der Waals surface area contributed by atoms with Crippen molar-refractivity contribution in [3.63, 3.8) is 0 Å². The van der Waals surface area contributed by atoms with Gasteiger partial charge in [0.2, 0.25) is 5.91 Å². The van der Waals surface area contributed by atoms with Gasteiger partial charge < -0.3 is 10.6 Å². The van der Waals surface area contributed by atoms with Gasteiger partial charge in [-0.2, -0.15) is 0 Å². The van der Waals surface area contributed by atoms with Crippen molar-refractivity contribution in [1.29, 1.82) is 0 Å². The van der Waals surface area contributed by atoms with Crippen LogP contribution in [0.2, 0.25) is 0 Å². The maximum absolute atomic E-state index is 12.5. The molecule has 0 saturated heterocycles. The number of para-hydroxylation sites is 1. The van der Waals surface area contributed by atoms with E-state index >= 15 is 0 Å². The van der Waals surface area contributed by atoms with Crippen LogP contribution >= 0.6 is 23.1 Å². The van der Waals surface area contributed by atoms with Gasteiger partial charge in [0.15, 0.2) is 5.13 Å². The van der Waals surface area contributed by atoms with Crippen LogP contribution in [0.25, 0.3) is 5.69 Å². The number of fused-ring (bicyclic) bond motifs is 1. The van der Waals surface area contributed by atoms with Crippen LogP contribution in [0.1, 0.15) is 17.1 Å². The van der Waals surface area contributed by atoms with Crippen molar-refractivity contribution < 1.29 is 4.79 Å². The van der Waals surface area contributed by atoms with Gasteiger partial charge in [0.25, 0.3) is 0 Å². The first-order valence-electron chi connectivity index (χ1n) is 8.25. The molecule has 26 heavy (non-hydrogen) atoms. The molecular formula is C17H18N6OS2. The molecule has 0 radical (unpaired) electrons. The molecule has 0 unspecified atom stereocenters. The summed E-state index contributed by atoms with van der Waals surface area (Å²) in [7, 11) is 0. The summed E-state index contributed by atoms with van der Waals surface area (Å²) in [4.78, 5) is 18.6. The molecule has 0 saturated carbocycles. The van der Waals surface area contributed by atoms with E-state index < -0.39 is 0 Å². The fourth-order valence-corrected chi connectivity index (χ4v) is 4.40. The SMILES string of the molecule is Nc1nc(CSCC(=O)N2CCc3c(nnn3-c3ccccc3)C2)cs1. The number of rotatable bonds is 5. The number of carbonyl (C=O) groups excluding carboxylic acids is 1. The number of thioether (sulfide) groups is 1. The van der Waals surface area contributed by atoms with Gasteiger partial charge in [0.05, 0.1) is 29.4 Å².